The highest BCUT2D eigenvalue weighted by atomic mass is 16.5. The van der Waals surface area contributed by atoms with Gasteiger partial charge in [-0.15, -0.1) is 0 Å². The van der Waals surface area contributed by atoms with Gasteiger partial charge in [-0.25, -0.2) is 0 Å². The summed E-state index contributed by atoms with van der Waals surface area (Å²) in [6.07, 6.45) is 0. The number of aryl methyl sites for hydroxylation is 2. The first-order chi connectivity index (χ1) is 56.5. The molecule has 4 aliphatic heterocycles. The number of rotatable bonds is 18. The Hall–Kier alpha value is -13.4. The molecule has 0 fully saturated rings. The summed E-state index contributed by atoms with van der Waals surface area (Å²) < 4.78 is 25.1. The Morgan fingerprint density at radius 2 is 0.915 bits per heavy atom. The van der Waals surface area contributed by atoms with E-state index < -0.39 is 0 Å². The summed E-state index contributed by atoms with van der Waals surface area (Å²) in [5, 5.41) is 16.7. The zero-order valence-corrected chi connectivity index (χ0v) is 70.3. The van der Waals surface area contributed by atoms with Crippen molar-refractivity contribution in [2.24, 2.45) is 23.7 Å². The van der Waals surface area contributed by atoms with Crippen molar-refractivity contribution in [2.75, 3.05) is 54.6 Å². The molecule has 0 saturated carbocycles. The van der Waals surface area contributed by atoms with Crippen LogP contribution in [0.25, 0.3) is 69.9 Å². The Kier molecular flexibility index (Phi) is 24.5. The van der Waals surface area contributed by atoms with E-state index in [1.165, 1.54) is 0 Å². The van der Waals surface area contributed by atoms with Crippen LogP contribution in [-0.4, -0.2) is 56.9 Å². The van der Waals surface area contributed by atoms with Gasteiger partial charge in [0.25, 0.3) is 0 Å². The van der Waals surface area contributed by atoms with E-state index in [1.807, 2.05) is 227 Å². The van der Waals surface area contributed by atoms with Gasteiger partial charge in [0.2, 0.25) is 0 Å². The number of hydrogen-bond acceptors (Lipinski definition) is 12. The molecule has 4 heterocycles. The highest BCUT2D eigenvalue weighted by molar-refractivity contribution is 6.11. The van der Waals surface area contributed by atoms with E-state index >= 15 is 0 Å². The molecule has 596 valence electrons. The van der Waals surface area contributed by atoms with Crippen molar-refractivity contribution >= 4 is 93.3 Å². The summed E-state index contributed by atoms with van der Waals surface area (Å²) in [6, 6.07) is 75.6. The van der Waals surface area contributed by atoms with Crippen LogP contribution >= 0.6 is 0 Å². The number of hydrogen-bond donors (Lipinski definition) is 3. The normalized spacial score (nSPS) is 12.0. The minimum atomic E-state index is -0.0941. The fraction of sp³-hybridized carbons (Fsp3) is 0.210. The fourth-order valence-corrected chi connectivity index (χ4v) is 15.5. The molecule has 0 amide bonds. The number of carbonyl (C=O) groups excluding carboxylic acids is 4. The molecule has 0 aromatic heterocycles. The smallest absolute Gasteiger partial charge is 0.200 e. The first kappa shape index (κ1) is 82.6. The summed E-state index contributed by atoms with van der Waals surface area (Å²) in [7, 11) is 4.03. The van der Waals surface area contributed by atoms with E-state index in [4.69, 9.17) is 29.8 Å². The molecule has 16 rings (SSSR count). The predicted molar refractivity (Wildman–Crippen MR) is 483 cm³/mol. The Morgan fingerprint density at radius 3 is 1.46 bits per heavy atom. The molecule has 0 atom stereocenters. The number of nitrogens with zero attached hydrogens (tertiary/aromatic N) is 2. The summed E-state index contributed by atoms with van der Waals surface area (Å²) in [5.41, 5.74) is 27.6. The monoisotopic (exact) mass is 1560 g/mol. The summed E-state index contributed by atoms with van der Waals surface area (Å²) in [4.78, 5) is 55.7. The molecule has 13 heteroatoms. The molecule has 0 radical (unpaired) electrons. The van der Waals surface area contributed by atoms with E-state index in [1.54, 1.807) is 12.1 Å². The minimum Gasteiger partial charge on any atom is -0.456 e. The molecular weight excluding hydrogens is 1460 g/mol. The largest absolute Gasteiger partial charge is 0.456 e. The zero-order valence-electron chi connectivity index (χ0n) is 70.3. The quantitative estimate of drug-likeness (QED) is 0.0421. The second kappa shape index (κ2) is 35.0. The van der Waals surface area contributed by atoms with E-state index in [0.717, 1.165) is 202 Å². The Morgan fingerprint density at radius 1 is 0.432 bits per heavy atom. The molecule has 5 aliphatic rings. The number of ketones is 4. The van der Waals surface area contributed by atoms with Gasteiger partial charge in [-0.3, -0.25) is 24.6 Å². The molecule has 0 bridgehead atoms. The van der Waals surface area contributed by atoms with Crippen LogP contribution in [0.4, 0.5) is 22.7 Å². The number of nitrogens with two attached hydrogens (primary N) is 2. The van der Waals surface area contributed by atoms with Crippen molar-refractivity contribution in [3.8, 4) is 56.9 Å². The lowest BCUT2D eigenvalue weighted by Gasteiger charge is -2.26. The highest BCUT2D eigenvalue weighted by Crippen LogP contribution is 2.45. The van der Waals surface area contributed by atoms with Crippen molar-refractivity contribution in [3.63, 3.8) is 0 Å². The number of nitrogens with one attached hydrogen (secondary N) is 1. The van der Waals surface area contributed by atoms with Crippen LogP contribution in [-0.2, 0) is 0 Å². The summed E-state index contributed by atoms with van der Waals surface area (Å²) in [5.74, 6) is 5.73. The van der Waals surface area contributed by atoms with Crippen molar-refractivity contribution < 1.29 is 43.2 Å². The van der Waals surface area contributed by atoms with Gasteiger partial charge in [0.15, 0.2) is 28.5 Å². The van der Waals surface area contributed by atoms with Gasteiger partial charge in [0, 0.05) is 198 Å². The fourth-order valence-electron chi connectivity index (χ4n) is 15.5. The SMILES string of the molecule is C=c1cc2c(cc1C)=C(c1ccccc1C(=O)C(C)C)c1cc(C)c(NCC)cc1O2.C=c1ccc2c(c1)Oc1cc(N(C)C)ccc1C=2c1ccc(C(=O)C(C)C)cc1.C=c1ccc2c(c1)Oc1cc(N(CC)CC)ccc1C=2c1ccccc1C(=O)C(C)C.CC(C)C(=O)c1ccccc1-c1c2ccc(=[NH2+])cc-2oc2cc(N)ccc12. The van der Waals surface area contributed by atoms with E-state index in [9.17, 15) is 19.2 Å². The number of benzene rings is 12. The summed E-state index contributed by atoms with van der Waals surface area (Å²) >= 11 is 0. The lowest BCUT2D eigenvalue weighted by Crippen LogP contribution is -2.44. The van der Waals surface area contributed by atoms with Gasteiger partial charge in [-0.05, 0) is 156 Å². The van der Waals surface area contributed by atoms with E-state index in [0.29, 0.717) is 28.0 Å². The number of fused-ring (bicyclic) bond motifs is 8. The third-order valence-corrected chi connectivity index (χ3v) is 21.8. The lowest BCUT2D eigenvalue weighted by atomic mass is 9.85. The number of Topliss-reactive ketones (excluding diaryl/α,β-unsaturated/α-hetero) is 4. The third-order valence-electron chi connectivity index (χ3n) is 21.8. The molecule has 0 spiro atoms. The predicted octanol–water partition coefficient (Wildman–Crippen LogP) is 18.1. The second-order valence-corrected chi connectivity index (χ2v) is 31.8. The van der Waals surface area contributed by atoms with Crippen molar-refractivity contribution in [1.29, 1.82) is 0 Å². The molecule has 5 N–H and O–H groups in total. The first-order valence-corrected chi connectivity index (χ1v) is 40.6. The van der Waals surface area contributed by atoms with Gasteiger partial charge in [0.05, 0.1) is 6.07 Å². The van der Waals surface area contributed by atoms with Crippen LogP contribution in [0.5, 0.6) is 34.5 Å². The van der Waals surface area contributed by atoms with Crippen LogP contribution in [0.3, 0.4) is 0 Å². The van der Waals surface area contributed by atoms with Gasteiger partial charge < -0.3 is 39.5 Å². The van der Waals surface area contributed by atoms with Gasteiger partial charge in [-0.1, -0.05) is 196 Å². The van der Waals surface area contributed by atoms with Gasteiger partial charge in [-0.2, -0.15) is 0 Å². The van der Waals surface area contributed by atoms with Crippen LogP contribution < -0.4 is 77.1 Å². The molecular formula is C105H104N5O8+. The highest BCUT2D eigenvalue weighted by Gasteiger charge is 2.30. The molecule has 1 aliphatic carbocycles. The van der Waals surface area contributed by atoms with Crippen LogP contribution in [0.15, 0.2) is 235 Å². The first-order valence-electron chi connectivity index (χ1n) is 40.6. The maximum Gasteiger partial charge on any atom is 0.200 e. The molecule has 11 aromatic carbocycles. The molecule has 13 nitrogen and oxygen atoms in total. The average Bonchev–Trinajstić information content (AvgIpc) is 0.759. The maximum absolute atomic E-state index is 13.1. The summed E-state index contributed by atoms with van der Waals surface area (Å²) in [6.45, 7) is 41.0. The minimum absolute atomic E-state index is 0.0158. The van der Waals surface area contributed by atoms with Crippen molar-refractivity contribution in [3.05, 3.63) is 334 Å². The standard InChI is InChI=1S/2C28H29NO2.C26H25NO2.C23H20N2O2/c1-7-29-24-15-26-23(13-19(24)6)27(22-12-17(4)18(5)14-25(22)31-26)20-10-8-9-11-21(20)28(30)16(2)3;1-6-29(7-2)20-13-15-24-26(17-20)31-25-16-19(5)12-14-23(25)27(24)21-10-8-9-11-22(21)28(30)18(3)4;1-16(2)26(28)19-9-7-18(8-10-19)25-21-12-6-17(3)14-23(21)29-24-15-20(27(4)5)11-13-22(24)25;1-13(2)23(26)17-6-4-3-5-16(17)22-18-9-7-14(24)11-20(18)27-21-12-15(25)8-10-19(21)22/h8-16,29H,5,7H2,1-4,6H3;8-18H,5-7H2,1-4H3;6-16H,3H2,1-2,4-5H3;3-13,24H,25H2,1-2H3/p+1. The second-order valence-electron chi connectivity index (χ2n) is 31.8. The topological polar surface area (TPSA) is 179 Å². The van der Waals surface area contributed by atoms with Crippen LogP contribution in [0.1, 0.15) is 162 Å². The number of ether oxygens (including phenoxy) is 3. The van der Waals surface area contributed by atoms with Crippen LogP contribution in [0, 0.1) is 37.5 Å². The molecule has 0 saturated heterocycles. The van der Waals surface area contributed by atoms with Crippen LogP contribution in [0.2, 0.25) is 0 Å². The Bertz CT molecular complexity index is 6540. The van der Waals surface area contributed by atoms with E-state index in [-0.39, 0.29) is 46.8 Å². The zero-order chi connectivity index (χ0) is 84.2. The van der Waals surface area contributed by atoms with Gasteiger partial charge in [0.1, 0.15) is 45.8 Å². The maximum atomic E-state index is 13.1. The third kappa shape index (κ3) is 16.9. The molecule has 0 unspecified atom stereocenters. The Labute approximate surface area is 691 Å². The lowest BCUT2D eigenvalue weighted by molar-refractivity contribution is -0.172. The molecule has 11 aromatic rings. The van der Waals surface area contributed by atoms with Crippen molar-refractivity contribution in [2.45, 2.75) is 90.0 Å². The average molecular weight is 1560 g/mol. The number of anilines is 4. The molecule has 118 heavy (non-hydrogen) atoms. The Balaban J connectivity index is 0.000000137. The van der Waals surface area contributed by atoms with Gasteiger partial charge >= 0.3 is 0 Å². The van der Waals surface area contributed by atoms with E-state index in [2.05, 4.69) is 130 Å². The van der Waals surface area contributed by atoms with Crippen molar-refractivity contribution in [1.82, 2.24) is 0 Å². The number of nitrogen functional groups attached to an aromatic ring is 1. The number of carbonyl (C=O) groups is 4.